The van der Waals surface area contributed by atoms with Crippen LogP contribution in [0.5, 0.6) is 0 Å². The summed E-state index contributed by atoms with van der Waals surface area (Å²) in [5.74, 6) is 0. The predicted octanol–water partition coefficient (Wildman–Crippen LogP) is 2.30. The molecule has 0 saturated heterocycles. The lowest BCUT2D eigenvalue weighted by Crippen LogP contribution is -1.90. The van der Waals surface area contributed by atoms with Gasteiger partial charge in [-0.2, -0.15) is 0 Å². The number of thiazole rings is 1. The van der Waals surface area contributed by atoms with Crippen molar-refractivity contribution in [1.82, 2.24) is 4.98 Å². The number of hydrogen-bond acceptors (Lipinski definition) is 3. The number of alkyl halides is 1. The van der Waals surface area contributed by atoms with Crippen LogP contribution in [0.25, 0.3) is 0 Å². The van der Waals surface area contributed by atoms with E-state index in [2.05, 4.69) is 4.98 Å². The van der Waals surface area contributed by atoms with Crippen molar-refractivity contribution in [2.45, 2.75) is 13.6 Å². The van der Waals surface area contributed by atoms with Gasteiger partial charge in [-0.3, -0.25) is 4.79 Å². The van der Waals surface area contributed by atoms with Crippen LogP contribution in [-0.2, 0) is 6.67 Å². The summed E-state index contributed by atoms with van der Waals surface area (Å²) in [5, 5.41) is 0.0184. The molecule has 0 N–H and O–H groups in total. The van der Waals surface area contributed by atoms with Gasteiger partial charge in [0.05, 0.1) is 10.7 Å². The van der Waals surface area contributed by atoms with E-state index in [1.165, 1.54) is 0 Å². The standard InChI is InChI=1S/C6H5ClFNOS/c1-3-9-4(2-8)5(11-3)6(7)10/h2H2,1H3. The van der Waals surface area contributed by atoms with E-state index in [0.717, 1.165) is 11.3 Å². The van der Waals surface area contributed by atoms with Crippen LogP contribution in [0.2, 0.25) is 0 Å². The topological polar surface area (TPSA) is 30.0 Å². The van der Waals surface area contributed by atoms with Crippen molar-refractivity contribution in [2.24, 2.45) is 0 Å². The summed E-state index contributed by atoms with van der Waals surface area (Å²) in [6.45, 7) is 0.964. The fourth-order valence-electron chi connectivity index (χ4n) is 0.714. The summed E-state index contributed by atoms with van der Waals surface area (Å²) >= 11 is 6.28. The van der Waals surface area contributed by atoms with Crippen LogP contribution in [0.1, 0.15) is 20.4 Å². The van der Waals surface area contributed by atoms with Gasteiger partial charge in [0.1, 0.15) is 11.6 Å². The van der Waals surface area contributed by atoms with E-state index in [1.54, 1.807) is 6.92 Å². The van der Waals surface area contributed by atoms with E-state index in [9.17, 15) is 9.18 Å². The maximum Gasteiger partial charge on any atom is 0.264 e. The fraction of sp³-hybridized carbons (Fsp3) is 0.333. The largest absolute Gasteiger partial charge is 0.275 e. The summed E-state index contributed by atoms with van der Waals surface area (Å²) in [7, 11) is 0. The number of carbonyl (C=O) groups is 1. The van der Waals surface area contributed by atoms with Gasteiger partial charge in [-0.05, 0) is 18.5 Å². The van der Waals surface area contributed by atoms with Crippen molar-refractivity contribution < 1.29 is 9.18 Å². The first-order chi connectivity index (χ1) is 5.15. The molecule has 0 amide bonds. The second-order valence-electron chi connectivity index (χ2n) is 1.92. The number of aryl methyl sites for hydroxylation is 1. The minimum Gasteiger partial charge on any atom is -0.275 e. The Labute approximate surface area is 72.0 Å². The van der Waals surface area contributed by atoms with E-state index in [1.807, 2.05) is 0 Å². The monoisotopic (exact) mass is 193 g/mol. The number of rotatable bonds is 2. The molecule has 0 aromatic carbocycles. The molecule has 0 saturated carbocycles. The zero-order valence-corrected chi connectivity index (χ0v) is 7.30. The van der Waals surface area contributed by atoms with Crippen LogP contribution in [0.4, 0.5) is 4.39 Å². The smallest absolute Gasteiger partial charge is 0.264 e. The number of hydrogen-bond donors (Lipinski definition) is 0. The van der Waals surface area contributed by atoms with Gasteiger partial charge in [0, 0.05) is 0 Å². The van der Waals surface area contributed by atoms with Crippen molar-refractivity contribution in [3.63, 3.8) is 0 Å². The molecule has 0 bridgehead atoms. The Balaban J connectivity index is 3.12. The molecule has 1 heterocycles. The maximum atomic E-state index is 12.1. The minimum atomic E-state index is -0.738. The van der Waals surface area contributed by atoms with E-state index >= 15 is 0 Å². The van der Waals surface area contributed by atoms with Gasteiger partial charge >= 0.3 is 0 Å². The number of nitrogens with zero attached hydrogens (tertiary/aromatic N) is 1. The Hall–Kier alpha value is -0.480. The normalized spacial score (nSPS) is 10.1. The van der Waals surface area contributed by atoms with Gasteiger partial charge in [0.15, 0.2) is 0 Å². The lowest BCUT2D eigenvalue weighted by atomic mass is 10.4. The van der Waals surface area contributed by atoms with Crippen molar-refractivity contribution in [2.75, 3.05) is 0 Å². The second-order valence-corrected chi connectivity index (χ2v) is 3.46. The van der Waals surface area contributed by atoms with Crippen LogP contribution in [0.15, 0.2) is 0 Å². The highest BCUT2D eigenvalue weighted by Crippen LogP contribution is 2.20. The molecule has 1 aromatic rings. The molecule has 1 aromatic heterocycles. The predicted molar refractivity (Wildman–Crippen MR) is 41.8 cm³/mol. The highest BCUT2D eigenvalue weighted by Gasteiger charge is 2.13. The highest BCUT2D eigenvalue weighted by molar-refractivity contribution is 7.15. The third-order valence-corrected chi connectivity index (χ3v) is 2.42. The van der Waals surface area contributed by atoms with E-state index in [4.69, 9.17) is 11.6 Å². The van der Waals surface area contributed by atoms with E-state index in [0.29, 0.717) is 5.01 Å². The Bertz CT molecular complexity index is 286. The number of halogens is 2. The molecular weight excluding hydrogens is 189 g/mol. The van der Waals surface area contributed by atoms with Crippen molar-refractivity contribution in [3.8, 4) is 0 Å². The quantitative estimate of drug-likeness (QED) is 0.675. The van der Waals surface area contributed by atoms with Gasteiger partial charge in [-0.1, -0.05) is 0 Å². The zero-order chi connectivity index (χ0) is 8.43. The molecule has 0 aliphatic heterocycles. The summed E-state index contributed by atoms with van der Waals surface area (Å²) in [6.07, 6.45) is 0. The first kappa shape index (κ1) is 8.62. The summed E-state index contributed by atoms with van der Waals surface area (Å²) < 4.78 is 12.1. The summed E-state index contributed by atoms with van der Waals surface area (Å²) in [5.41, 5.74) is 0.146. The first-order valence-corrected chi connectivity index (χ1v) is 4.06. The van der Waals surface area contributed by atoms with Crippen molar-refractivity contribution in [3.05, 3.63) is 15.6 Å². The molecule has 5 heteroatoms. The van der Waals surface area contributed by atoms with Crippen LogP contribution >= 0.6 is 22.9 Å². The van der Waals surface area contributed by atoms with Gasteiger partial charge in [-0.25, -0.2) is 9.37 Å². The molecule has 11 heavy (non-hydrogen) atoms. The average molecular weight is 194 g/mol. The Morgan fingerprint density at radius 1 is 1.82 bits per heavy atom. The Kier molecular flexibility index (Phi) is 2.57. The van der Waals surface area contributed by atoms with Crippen LogP contribution in [-0.4, -0.2) is 10.2 Å². The lowest BCUT2D eigenvalue weighted by molar-refractivity contribution is 0.108. The molecule has 0 aliphatic carbocycles. The molecular formula is C6H5ClFNOS. The number of aromatic nitrogens is 1. The molecule has 0 atom stereocenters. The molecule has 2 nitrogen and oxygen atoms in total. The van der Waals surface area contributed by atoms with Gasteiger partial charge in [0.2, 0.25) is 0 Å². The lowest BCUT2D eigenvalue weighted by Gasteiger charge is -1.86. The highest BCUT2D eigenvalue weighted by atomic mass is 35.5. The summed E-state index contributed by atoms with van der Waals surface area (Å²) in [4.78, 5) is 14.6. The van der Waals surface area contributed by atoms with E-state index in [-0.39, 0.29) is 10.6 Å². The van der Waals surface area contributed by atoms with Crippen LogP contribution < -0.4 is 0 Å². The van der Waals surface area contributed by atoms with Crippen LogP contribution in [0.3, 0.4) is 0 Å². The number of carbonyl (C=O) groups excluding carboxylic acids is 1. The second kappa shape index (κ2) is 3.28. The molecule has 0 unspecified atom stereocenters. The van der Waals surface area contributed by atoms with Crippen molar-refractivity contribution in [1.29, 1.82) is 0 Å². The third kappa shape index (κ3) is 1.75. The van der Waals surface area contributed by atoms with Crippen LogP contribution in [0, 0.1) is 6.92 Å². The SMILES string of the molecule is Cc1nc(CF)c(C(=O)Cl)s1. The Morgan fingerprint density at radius 2 is 2.45 bits per heavy atom. The summed E-state index contributed by atoms with van der Waals surface area (Å²) in [6, 6.07) is 0. The zero-order valence-electron chi connectivity index (χ0n) is 5.73. The maximum absolute atomic E-state index is 12.1. The van der Waals surface area contributed by atoms with E-state index < -0.39 is 11.9 Å². The molecule has 0 radical (unpaired) electrons. The third-order valence-electron chi connectivity index (χ3n) is 1.11. The molecule has 60 valence electrons. The molecule has 0 aliphatic rings. The van der Waals surface area contributed by atoms with Gasteiger partial charge in [-0.15, -0.1) is 11.3 Å². The Morgan fingerprint density at radius 3 is 2.82 bits per heavy atom. The van der Waals surface area contributed by atoms with Gasteiger partial charge in [0.25, 0.3) is 5.24 Å². The fourth-order valence-corrected chi connectivity index (χ4v) is 1.69. The average Bonchev–Trinajstić information content (AvgIpc) is 2.30. The molecule has 0 fully saturated rings. The molecule has 1 rings (SSSR count). The molecule has 0 spiro atoms. The van der Waals surface area contributed by atoms with Gasteiger partial charge < -0.3 is 0 Å². The van der Waals surface area contributed by atoms with Crippen molar-refractivity contribution >= 4 is 28.2 Å². The first-order valence-electron chi connectivity index (χ1n) is 2.87. The minimum absolute atomic E-state index is 0.146.